The van der Waals surface area contributed by atoms with Gasteiger partial charge in [0.15, 0.2) is 6.10 Å². The van der Waals surface area contributed by atoms with Crippen molar-refractivity contribution in [1.29, 1.82) is 0 Å². The van der Waals surface area contributed by atoms with Crippen LogP contribution in [-0.2, 0) is 28.2 Å². The molecule has 8 nitrogen and oxygen atoms in total. The number of carbonyl (C=O) groups excluding carboxylic acids is 2. The van der Waals surface area contributed by atoms with Gasteiger partial charge in [-0.25, -0.2) is 5.48 Å². The van der Waals surface area contributed by atoms with Crippen LogP contribution in [0.5, 0.6) is 5.75 Å². The Bertz CT molecular complexity index is 899. The Morgan fingerprint density at radius 1 is 1.26 bits per heavy atom. The van der Waals surface area contributed by atoms with Gasteiger partial charge in [0.1, 0.15) is 5.75 Å². The molecule has 0 aliphatic carbocycles. The molecule has 2 amide bonds. The smallest absolute Gasteiger partial charge is 0.274 e. The molecule has 0 saturated heterocycles. The number of ether oxygens (including phenoxy) is 1. The minimum Gasteiger partial charge on any atom is -0.772 e. The normalized spacial score (nSPS) is 17.1. The first-order chi connectivity index (χ1) is 12.9. The van der Waals surface area contributed by atoms with Gasteiger partial charge in [0, 0.05) is 11.3 Å². The topological polar surface area (TPSA) is 119 Å². The predicted molar refractivity (Wildman–Crippen MR) is 96.0 cm³/mol. The average Bonchev–Trinajstić information content (AvgIpc) is 2.65. The van der Waals surface area contributed by atoms with Crippen LogP contribution in [0.15, 0.2) is 42.5 Å². The van der Waals surface area contributed by atoms with E-state index in [0.29, 0.717) is 17.0 Å². The summed E-state index contributed by atoms with van der Waals surface area (Å²) in [7, 11) is 0. The number of rotatable bonds is 5. The minimum absolute atomic E-state index is 0.0632. The van der Waals surface area contributed by atoms with Crippen molar-refractivity contribution in [3.8, 4) is 5.75 Å². The monoisotopic (exact) mass is 389 g/mol. The second-order valence-corrected chi connectivity index (χ2v) is 6.97. The molecule has 142 valence electrons. The zero-order valence-electron chi connectivity index (χ0n) is 14.4. The number of anilines is 1. The minimum atomic E-state index is -2.16. The molecule has 27 heavy (non-hydrogen) atoms. The summed E-state index contributed by atoms with van der Waals surface area (Å²) in [5.74, 6) is -0.608. The lowest BCUT2D eigenvalue weighted by Crippen LogP contribution is -2.44. The van der Waals surface area contributed by atoms with Crippen molar-refractivity contribution in [3.63, 3.8) is 0 Å². The molecular weight excluding hydrogens is 372 g/mol. The largest absolute Gasteiger partial charge is 0.772 e. The lowest BCUT2D eigenvalue weighted by atomic mass is 10.1. The van der Waals surface area contributed by atoms with Gasteiger partial charge >= 0.3 is 0 Å². The summed E-state index contributed by atoms with van der Waals surface area (Å²) in [6.45, 7) is 1.88. The molecule has 9 heteroatoms. The number of nitrogens with one attached hydrogen (secondary N) is 1. The van der Waals surface area contributed by atoms with Crippen LogP contribution in [0.25, 0.3) is 0 Å². The molecule has 2 unspecified atom stereocenters. The molecule has 3 rings (SSSR count). The zero-order valence-corrected chi connectivity index (χ0v) is 15.2. The van der Waals surface area contributed by atoms with Crippen molar-refractivity contribution in [2.24, 2.45) is 0 Å². The maximum absolute atomic E-state index is 12.6. The van der Waals surface area contributed by atoms with Crippen molar-refractivity contribution in [3.05, 3.63) is 59.2 Å². The van der Waals surface area contributed by atoms with Crippen molar-refractivity contribution in [2.45, 2.75) is 25.3 Å². The second kappa shape index (κ2) is 7.87. The fourth-order valence-electron chi connectivity index (χ4n) is 2.84. The Hall–Kier alpha value is -2.75. The Balaban J connectivity index is 1.88. The first-order valence-electron chi connectivity index (χ1n) is 8.09. The fraction of sp³-hybridized carbons (Fsp3) is 0.222. The molecule has 2 atom stereocenters. The van der Waals surface area contributed by atoms with Gasteiger partial charge in [0.25, 0.3) is 11.8 Å². The Labute approximate surface area is 158 Å². The summed E-state index contributed by atoms with van der Waals surface area (Å²) in [6, 6.07) is 11.5. The summed E-state index contributed by atoms with van der Waals surface area (Å²) >= 11 is -2.16. The van der Waals surface area contributed by atoms with Gasteiger partial charge in [-0.1, -0.05) is 35.3 Å². The number of benzene rings is 2. The average molecular weight is 389 g/mol. The van der Waals surface area contributed by atoms with Gasteiger partial charge in [-0.3, -0.25) is 19.0 Å². The number of fused-ring (bicyclic) bond motifs is 1. The highest BCUT2D eigenvalue weighted by Crippen LogP contribution is 2.36. The van der Waals surface area contributed by atoms with E-state index in [0.717, 1.165) is 5.56 Å². The number of nitrogens with zero attached hydrogens (tertiary/aromatic N) is 1. The molecule has 0 aromatic heterocycles. The highest BCUT2D eigenvalue weighted by molar-refractivity contribution is 7.78. The van der Waals surface area contributed by atoms with E-state index >= 15 is 0 Å². The molecule has 2 aromatic rings. The van der Waals surface area contributed by atoms with Crippen LogP contribution in [0.3, 0.4) is 0 Å². The molecule has 0 spiro atoms. The van der Waals surface area contributed by atoms with Crippen LogP contribution >= 0.6 is 0 Å². The maximum atomic E-state index is 12.6. The van der Waals surface area contributed by atoms with Crippen molar-refractivity contribution < 1.29 is 28.3 Å². The first-order valence-corrected chi connectivity index (χ1v) is 9.33. The van der Waals surface area contributed by atoms with Gasteiger partial charge in [-0.15, -0.1) is 0 Å². The molecule has 0 bridgehead atoms. The third-order valence-corrected chi connectivity index (χ3v) is 4.75. The van der Waals surface area contributed by atoms with E-state index in [9.17, 15) is 18.4 Å². The number of amides is 2. The SMILES string of the molecule is CC1Oc2cc(C(=O)NO)ccc2N(Cc2ccc(CS(=O)[O-])cc2)C1=O. The fourth-order valence-corrected chi connectivity index (χ4v) is 3.30. The van der Waals surface area contributed by atoms with Crippen molar-refractivity contribution >= 4 is 28.6 Å². The van der Waals surface area contributed by atoms with Crippen LogP contribution in [0.4, 0.5) is 5.69 Å². The Morgan fingerprint density at radius 3 is 2.56 bits per heavy atom. The van der Waals surface area contributed by atoms with Crippen molar-refractivity contribution in [2.75, 3.05) is 4.90 Å². The van der Waals surface area contributed by atoms with E-state index in [1.807, 2.05) is 0 Å². The summed E-state index contributed by atoms with van der Waals surface area (Å²) in [5, 5.41) is 8.77. The van der Waals surface area contributed by atoms with Gasteiger partial charge in [0.05, 0.1) is 12.2 Å². The molecule has 0 fully saturated rings. The number of carbonyl (C=O) groups is 2. The molecule has 2 N–H and O–H groups in total. The van der Waals surface area contributed by atoms with E-state index < -0.39 is 23.1 Å². The lowest BCUT2D eigenvalue weighted by molar-refractivity contribution is -0.125. The lowest BCUT2D eigenvalue weighted by Gasteiger charge is -2.33. The third kappa shape index (κ3) is 4.16. The second-order valence-electron chi connectivity index (χ2n) is 6.07. The molecule has 1 heterocycles. The summed E-state index contributed by atoms with van der Waals surface area (Å²) in [6.07, 6.45) is -0.730. The molecular formula is C18H17N2O6S-. The Morgan fingerprint density at radius 2 is 1.93 bits per heavy atom. The van der Waals surface area contributed by atoms with E-state index in [1.54, 1.807) is 47.6 Å². The standard InChI is InChI=1S/C18H18N2O6S/c1-11-18(22)20(9-12-2-4-13(5-3-12)10-27(24)25)15-7-6-14(17(21)19-23)8-16(15)26-11/h2-8,11,23H,9-10H2,1H3,(H,19,21)(H,24,25)/p-1. The summed E-state index contributed by atoms with van der Waals surface area (Å²) < 4.78 is 27.1. The summed E-state index contributed by atoms with van der Waals surface area (Å²) in [5.41, 5.74) is 3.75. The van der Waals surface area contributed by atoms with Crippen molar-refractivity contribution in [1.82, 2.24) is 5.48 Å². The van der Waals surface area contributed by atoms with Gasteiger partial charge in [-0.05, 0) is 36.2 Å². The zero-order chi connectivity index (χ0) is 19.6. The van der Waals surface area contributed by atoms with E-state index in [1.165, 1.54) is 12.1 Å². The first kappa shape index (κ1) is 19.0. The van der Waals surface area contributed by atoms with Crippen LogP contribution in [0.1, 0.15) is 28.4 Å². The van der Waals surface area contributed by atoms with Gasteiger partial charge in [0.2, 0.25) is 0 Å². The highest BCUT2D eigenvalue weighted by Gasteiger charge is 2.32. The maximum Gasteiger partial charge on any atom is 0.274 e. The quantitative estimate of drug-likeness (QED) is 0.454. The van der Waals surface area contributed by atoms with E-state index in [4.69, 9.17) is 9.94 Å². The predicted octanol–water partition coefficient (Wildman–Crippen LogP) is 1.50. The van der Waals surface area contributed by atoms with Crippen LogP contribution in [0, 0.1) is 0 Å². The van der Waals surface area contributed by atoms with Gasteiger partial charge < -0.3 is 14.2 Å². The van der Waals surface area contributed by atoms with E-state index in [-0.39, 0.29) is 23.8 Å². The van der Waals surface area contributed by atoms with Crippen LogP contribution in [0.2, 0.25) is 0 Å². The molecule has 1 aliphatic rings. The number of hydroxylamine groups is 1. The molecule has 1 aliphatic heterocycles. The molecule has 2 aromatic carbocycles. The van der Waals surface area contributed by atoms with Gasteiger partial charge in [-0.2, -0.15) is 0 Å². The van der Waals surface area contributed by atoms with E-state index in [2.05, 4.69) is 0 Å². The Kier molecular flexibility index (Phi) is 5.54. The highest BCUT2D eigenvalue weighted by atomic mass is 32.2. The van der Waals surface area contributed by atoms with Crippen LogP contribution in [-0.4, -0.2) is 31.9 Å². The van der Waals surface area contributed by atoms with Crippen LogP contribution < -0.4 is 15.1 Å². The summed E-state index contributed by atoms with van der Waals surface area (Å²) in [4.78, 5) is 25.7. The number of hydrogen-bond acceptors (Lipinski definition) is 6. The third-order valence-electron chi connectivity index (χ3n) is 4.18. The molecule has 0 radical (unpaired) electrons. The number of hydrogen-bond donors (Lipinski definition) is 2. The molecule has 0 saturated carbocycles.